The zero-order valence-electron chi connectivity index (χ0n) is 11.7. The van der Waals surface area contributed by atoms with Crippen LogP contribution in [0.3, 0.4) is 0 Å². The lowest BCUT2D eigenvalue weighted by atomic mass is 9.66. The summed E-state index contributed by atoms with van der Waals surface area (Å²) in [5.41, 5.74) is -0.432. The van der Waals surface area contributed by atoms with Gasteiger partial charge >= 0.3 is 0 Å². The Balaban J connectivity index is 1.58. The van der Waals surface area contributed by atoms with Gasteiger partial charge in [0.2, 0.25) is 0 Å². The van der Waals surface area contributed by atoms with E-state index in [2.05, 4.69) is 18.7 Å². The van der Waals surface area contributed by atoms with Gasteiger partial charge in [0.25, 0.3) is 0 Å². The predicted molar refractivity (Wildman–Crippen MR) is 71.3 cm³/mol. The van der Waals surface area contributed by atoms with Gasteiger partial charge in [-0.2, -0.15) is 0 Å². The molecule has 2 unspecified atom stereocenters. The summed E-state index contributed by atoms with van der Waals surface area (Å²) < 4.78 is 0. The van der Waals surface area contributed by atoms with Crippen LogP contribution in [-0.4, -0.2) is 45.4 Å². The van der Waals surface area contributed by atoms with Crippen molar-refractivity contribution in [3.63, 3.8) is 0 Å². The Bertz CT molecular complexity index is 298. The zero-order chi connectivity index (χ0) is 12.9. The first-order chi connectivity index (χ1) is 8.47. The highest BCUT2D eigenvalue weighted by molar-refractivity contribution is 5.03. The maximum Gasteiger partial charge on any atom is 0.0779 e. The normalized spacial score (nSPS) is 48.5. The zero-order valence-corrected chi connectivity index (χ0v) is 11.7. The van der Waals surface area contributed by atoms with Crippen molar-refractivity contribution in [1.82, 2.24) is 4.90 Å². The second kappa shape index (κ2) is 4.46. The molecule has 3 atom stereocenters. The van der Waals surface area contributed by atoms with E-state index in [0.717, 1.165) is 32.2 Å². The summed E-state index contributed by atoms with van der Waals surface area (Å²) in [5, 5.41) is 20.4. The second-order valence-corrected chi connectivity index (χ2v) is 7.32. The number of nitrogens with zero attached hydrogens (tertiary/aromatic N) is 1. The van der Waals surface area contributed by atoms with Gasteiger partial charge in [-0.05, 0) is 50.4 Å². The van der Waals surface area contributed by atoms with E-state index in [4.69, 9.17) is 0 Å². The molecule has 0 radical (unpaired) electrons. The van der Waals surface area contributed by atoms with Crippen molar-refractivity contribution in [2.45, 2.75) is 76.2 Å². The number of aliphatic hydroxyl groups is 2. The molecule has 3 nitrogen and oxygen atoms in total. The van der Waals surface area contributed by atoms with Crippen LogP contribution in [0, 0.1) is 11.8 Å². The molecule has 0 spiro atoms. The Hall–Kier alpha value is -0.120. The van der Waals surface area contributed by atoms with Crippen molar-refractivity contribution in [2.75, 3.05) is 6.54 Å². The molecule has 2 N–H and O–H groups in total. The van der Waals surface area contributed by atoms with Gasteiger partial charge in [0, 0.05) is 18.6 Å². The van der Waals surface area contributed by atoms with E-state index in [0.29, 0.717) is 23.9 Å². The molecule has 2 bridgehead atoms. The molecule has 18 heavy (non-hydrogen) atoms. The lowest BCUT2D eigenvalue weighted by Crippen LogP contribution is -2.57. The quantitative estimate of drug-likeness (QED) is 0.805. The first kappa shape index (κ1) is 12.9. The molecule has 2 heterocycles. The summed E-state index contributed by atoms with van der Waals surface area (Å²) >= 11 is 0. The Kier molecular flexibility index (Phi) is 3.20. The molecule has 104 valence electrons. The minimum absolute atomic E-state index is 0.0989. The number of fused-ring (bicyclic) bond motifs is 2. The second-order valence-electron chi connectivity index (χ2n) is 7.32. The SMILES string of the molecule is CC(C)[C@H]1C[C@@](O)(CN2C3CC[C@@H]2CC(O)C3)C1. The molecule has 2 saturated heterocycles. The van der Waals surface area contributed by atoms with Crippen LogP contribution in [0.5, 0.6) is 0 Å². The van der Waals surface area contributed by atoms with Crippen molar-refractivity contribution in [1.29, 1.82) is 0 Å². The average Bonchev–Trinajstić information content (AvgIpc) is 2.47. The number of piperidine rings is 1. The van der Waals surface area contributed by atoms with E-state index in [1.807, 2.05) is 0 Å². The smallest absolute Gasteiger partial charge is 0.0779 e. The Labute approximate surface area is 110 Å². The Morgan fingerprint density at radius 2 is 1.72 bits per heavy atom. The maximum absolute atomic E-state index is 10.6. The third-order valence-electron chi connectivity index (χ3n) is 5.56. The molecule has 1 saturated carbocycles. The predicted octanol–water partition coefficient (Wildman–Crippen LogP) is 1.77. The molecular formula is C15H27NO2. The Morgan fingerprint density at radius 1 is 1.17 bits per heavy atom. The van der Waals surface area contributed by atoms with E-state index < -0.39 is 5.60 Å². The standard InChI is InChI=1S/C15H27NO2/c1-10(2)11-7-15(18,8-11)9-16-12-3-4-13(16)6-14(17)5-12/h10-14,17-18H,3-9H2,1-2H3/t11-,12-,13?,14?,15-/m1/s1. The largest absolute Gasteiger partial charge is 0.393 e. The molecule has 0 amide bonds. The van der Waals surface area contributed by atoms with Gasteiger partial charge in [-0.3, -0.25) is 4.90 Å². The molecular weight excluding hydrogens is 226 g/mol. The topological polar surface area (TPSA) is 43.7 Å². The number of aliphatic hydroxyl groups excluding tert-OH is 1. The summed E-state index contributed by atoms with van der Waals surface area (Å²) in [6.45, 7) is 5.36. The van der Waals surface area contributed by atoms with Crippen LogP contribution in [0.15, 0.2) is 0 Å². The molecule has 1 aliphatic carbocycles. The monoisotopic (exact) mass is 253 g/mol. The fourth-order valence-corrected chi connectivity index (χ4v) is 4.36. The highest BCUT2D eigenvalue weighted by Crippen LogP contribution is 2.45. The van der Waals surface area contributed by atoms with Gasteiger partial charge in [0.15, 0.2) is 0 Å². The van der Waals surface area contributed by atoms with E-state index in [-0.39, 0.29) is 6.10 Å². The first-order valence-electron chi connectivity index (χ1n) is 7.63. The van der Waals surface area contributed by atoms with Crippen LogP contribution < -0.4 is 0 Å². The third kappa shape index (κ3) is 2.21. The van der Waals surface area contributed by atoms with E-state index in [1.54, 1.807) is 0 Å². The van der Waals surface area contributed by atoms with Gasteiger partial charge in [-0.25, -0.2) is 0 Å². The highest BCUT2D eigenvalue weighted by atomic mass is 16.3. The molecule has 0 aromatic rings. The molecule has 3 heteroatoms. The van der Waals surface area contributed by atoms with Crippen molar-refractivity contribution in [3.8, 4) is 0 Å². The molecule has 3 fully saturated rings. The summed E-state index contributed by atoms with van der Waals surface area (Å²) in [6.07, 6.45) is 6.11. The van der Waals surface area contributed by atoms with Gasteiger partial charge in [0.1, 0.15) is 0 Å². The van der Waals surface area contributed by atoms with Crippen molar-refractivity contribution in [3.05, 3.63) is 0 Å². The molecule has 2 aliphatic heterocycles. The van der Waals surface area contributed by atoms with Crippen molar-refractivity contribution in [2.24, 2.45) is 11.8 Å². The van der Waals surface area contributed by atoms with Gasteiger partial charge in [-0.15, -0.1) is 0 Å². The average molecular weight is 253 g/mol. The van der Waals surface area contributed by atoms with Crippen LogP contribution in [-0.2, 0) is 0 Å². The van der Waals surface area contributed by atoms with Crippen LogP contribution in [0.25, 0.3) is 0 Å². The molecule has 0 aromatic heterocycles. The van der Waals surface area contributed by atoms with E-state index >= 15 is 0 Å². The summed E-state index contributed by atoms with van der Waals surface area (Å²) in [6, 6.07) is 1.06. The summed E-state index contributed by atoms with van der Waals surface area (Å²) in [5.74, 6) is 1.41. The number of hydrogen-bond donors (Lipinski definition) is 2. The first-order valence-corrected chi connectivity index (χ1v) is 7.63. The van der Waals surface area contributed by atoms with Crippen LogP contribution >= 0.6 is 0 Å². The lowest BCUT2D eigenvalue weighted by molar-refractivity contribution is -0.120. The summed E-state index contributed by atoms with van der Waals surface area (Å²) in [4.78, 5) is 2.50. The van der Waals surface area contributed by atoms with Crippen LogP contribution in [0.4, 0.5) is 0 Å². The van der Waals surface area contributed by atoms with Gasteiger partial charge in [-0.1, -0.05) is 13.8 Å². The van der Waals surface area contributed by atoms with Gasteiger partial charge in [0.05, 0.1) is 11.7 Å². The van der Waals surface area contributed by atoms with Crippen molar-refractivity contribution >= 4 is 0 Å². The fraction of sp³-hybridized carbons (Fsp3) is 1.00. The van der Waals surface area contributed by atoms with E-state index in [9.17, 15) is 10.2 Å². The molecule has 0 aromatic carbocycles. The third-order valence-corrected chi connectivity index (χ3v) is 5.56. The lowest BCUT2D eigenvalue weighted by Gasteiger charge is -2.50. The van der Waals surface area contributed by atoms with Crippen molar-refractivity contribution < 1.29 is 10.2 Å². The van der Waals surface area contributed by atoms with Gasteiger partial charge < -0.3 is 10.2 Å². The number of hydrogen-bond acceptors (Lipinski definition) is 3. The maximum atomic E-state index is 10.6. The van der Waals surface area contributed by atoms with Crippen LogP contribution in [0.2, 0.25) is 0 Å². The fourth-order valence-electron chi connectivity index (χ4n) is 4.36. The molecule has 3 rings (SSSR count). The van der Waals surface area contributed by atoms with E-state index in [1.165, 1.54) is 12.8 Å². The minimum Gasteiger partial charge on any atom is -0.393 e. The highest BCUT2D eigenvalue weighted by Gasteiger charge is 2.49. The Morgan fingerprint density at radius 3 is 2.22 bits per heavy atom. The van der Waals surface area contributed by atoms with Crippen LogP contribution in [0.1, 0.15) is 52.4 Å². The minimum atomic E-state index is -0.432. The summed E-state index contributed by atoms with van der Waals surface area (Å²) in [7, 11) is 0. The molecule has 3 aliphatic rings. The number of rotatable bonds is 3.